The lowest BCUT2D eigenvalue weighted by atomic mass is 10.1. The van der Waals surface area contributed by atoms with Crippen LogP contribution in [0.15, 0.2) is 34.9 Å². The van der Waals surface area contributed by atoms with Gasteiger partial charge in [-0.05, 0) is 12.5 Å². The summed E-state index contributed by atoms with van der Waals surface area (Å²) in [6.45, 7) is 1.72. The van der Waals surface area contributed by atoms with E-state index < -0.39 is 6.10 Å². The molecule has 1 unspecified atom stereocenters. The maximum Gasteiger partial charge on any atom is 0.169 e. The highest BCUT2D eigenvalue weighted by Crippen LogP contribution is 2.23. The van der Waals surface area contributed by atoms with Gasteiger partial charge in [0, 0.05) is 11.6 Å². The zero-order chi connectivity index (χ0) is 10.8. The quantitative estimate of drug-likeness (QED) is 0.784. The number of nitrogen functional groups attached to an aromatic ring is 1. The molecule has 78 valence electrons. The summed E-state index contributed by atoms with van der Waals surface area (Å²) in [5, 5.41) is 12.9. The highest BCUT2D eigenvalue weighted by Gasteiger charge is 2.05. The van der Waals surface area contributed by atoms with Gasteiger partial charge in [-0.15, -0.1) is 0 Å². The average molecular weight is 204 g/mol. The molecule has 1 heterocycles. The number of nitrogens with zero attached hydrogens (tertiary/aromatic N) is 1. The molecule has 0 aliphatic rings. The molecule has 2 aromatic rings. The average Bonchev–Trinajstić information content (AvgIpc) is 2.65. The van der Waals surface area contributed by atoms with Gasteiger partial charge in [0.2, 0.25) is 0 Å². The summed E-state index contributed by atoms with van der Waals surface area (Å²) < 4.78 is 5.01. The second kappa shape index (κ2) is 3.74. The lowest BCUT2D eigenvalue weighted by Gasteiger charge is -2.04. The van der Waals surface area contributed by atoms with Crippen molar-refractivity contribution in [2.24, 2.45) is 0 Å². The van der Waals surface area contributed by atoms with E-state index in [0.29, 0.717) is 11.6 Å². The molecule has 0 saturated carbocycles. The first-order valence-electron chi connectivity index (χ1n) is 4.67. The molecule has 4 nitrogen and oxygen atoms in total. The van der Waals surface area contributed by atoms with Crippen LogP contribution in [-0.4, -0.2) is 10.3 Å². The molecule has 1 atom stereocenters. The van der Waals surface area contributed by atoms with Crippen LogP contribution < -0.4 is 5.73 Å². The van der Waals surface area contributed by atoms with E-state index in [4.69, 9.17) is 10.3 Å². The molecule has 0 saturated heterocycles. The van der Waals surface area contributed by atoms with E-state index in [1.165, 1.54) is 0 Å². The number of aliphatic hydroxyl groups excluding tert-OH is 1. The van der Waals surface area contributed by atoms with E-state index in [1.807, 2.05) is 24.3 Å². The van der Waals surface area contributed by atoms with E-state index in [1.54, 1.807) is 13.0 Å². The molecule has 15 heavy (non-hydrogen) atoms. The third-order valence-electron chi connectivity index (χ3n) is 2.21. The van der Waals surface area contributed by atoms with Crippen molar-refractivity contribution >= 4 is 5.82 Å². The van der Waals surface area contributed by atoms with Gasteiger partial charge in [-0.3, -0.25) is 0 Å². The van der Waals surface area contributed by atoms with Crippen LogP contribution in [0.1, 0.15) is 18.6 Å². The number of hydrogen-bond donors (Lipinski definition) is 2. The normalized spacial score (nSPS) is 12.7. The molecule has 0 aliphatic heterocycles. The third-order valence-corrected chi connectivity index (χ3v) is 2.21. The van der Waals surface area contributed by atoms with Gasteiger partial charge in [0.15, 0.2) is 11.6 Å². The highest BCUT2D eigenvalue weighted by molar-refractivity contribution is 5.60. The van der Waals surface area contributed by atoms with Crippen molar-refractivity contribution in [1.29, 1.82) is 0 Å². The van der Waals surface area contributed by atoms with Crippen LogP contribution in [0.4, 0.5) is 5.82 Å². The van der Waals surface area contributed by atoms with Crippen LogP contribution in [0.5, 0.6) is 0 Å². The van der Waals surface area contributed by atoms with Crippen molar-refractivity contribution in [3.05, 3.63) is 35.9 Å². The fraction of sp³-hybridized carbons (Fsp3) is 0.182. The van der Waals surface area contributed by atoms with E-state index in [2.05, 4.69) is 5.16 Å². The molecule has 0 fully saturated rings. The zero-order valence-corrected chi connectivity index (χ0v) is 8.34. The number of hydrogen-bond acceptors (Lipinski definition) is 4. The molecule has 0 bridgehead atoms. The van der Waals surface area contributed by atoms with E-state index in [0.717, 1.165) is 11.1 Å². The van der Waals surface area contributed by atoms with E-state index >= 15 is 0 Å². The van der Waals surface area contributed by atoms with Gasteiger partial charge >= 0.3 is 0 Å². The molecule has 3 N–H and O–H groups in total. The Kier molecular flexibility index (Phi) is 2.43. The van der Waals surface area contributed by atoms with Gasteiger partial charge in [-0.1, -0.05) is 29.4 Å². The van der Waals surface area contributed by atoms with Crippen molar-refractivity contribution in [2.75, 3.05) is 5.73 Å². The molecule has 0 radical (unpaired) electrons. The molecule has 1 aromatic carbocycles. The van der Waals surface area contributed by atoms with Crippen LogP contribution >= 0.6 is 0 Å². The van der Waals surface area contributed by atoms with Crippen molar-refractivity contribution in [3.63, 3.8) is 0 Å². The Balaban J connectivity index is 2.31. The number of rotatable bonds is 2. The van der Waals surface area contributed by atoms with Crippen LogP contribution in [-0.2, 0) is 0 Å². The first-order chi connectivity index (χ1) is 7.16. The van der Waals surface area contributed by atoms with Crippen LogP contribution in [0.25, 0.3) is 11.3 Å². The maximum atomic E-state index is 9.33. The van der Waals surface area contributed by atoms with Crippen molar-refractivity contribution < 1.29 is 9.63 Å². The SMILES string of the molecule is CC(O)c1ccc(-c2cc(N)no2)cc1. The molecule has 0 aliphatic carbocycles. The Morgan fingerprint density at radius 1 is 1.33 bits per heavy atom. The van der Waals surface area contributed by atoms with Gasteiger partial charge in [-0.2, -0.15) is 0 Å². The lowest BCUT2D eigenvalue weighted by Crippen LogP contribution is -1.89. The summed E-state index contributed by atoms with van der Waals surface area (Å²) in [6, 6.07) is 9.08. The van der Waals surface area contributed by atoms with Crippen molar-refractivity contribution in [2.45, 2.75) is 13.0 Å². The molecular weight excluding hydrogens is 192 g/mol. The Hall–Kier alpha value is -1.81. The molecule has 0 amide bonds. The molecule has 1 aromatic heterocycles. The summed E-state index contributed by atoms with van der Waals surface area (Å²) in [5.74, 6) is 0.995. The minimum absolute atomic E-state index is 0.365. The summed E-state index contributed by atoms with van der Waals surface area (Å²) in [7, 11) is 0. The van der Waals surface area contributed by atoms with Crippen LogP contribution in [0.2, 0.25) is 0 Å². The fourth-order valence-electron chi connectivity index (χ4n) is 1.35. The topological polar surface area (TPSA) is 72.3 Å². The molecule has 0 spiro atoms. The first-order valence-corrected chi connectivity index (χ1v) is 4.67. The van der Waals surface area contributed by atoms with Gasteiger partial charge in [-0.25, -0.2) is 0 Å². The van der Waals surface area contributed by atoms with Crippen molar-refractivity contribution in [3.8, 4) is 11.3 Å². The Bertz CT molecular complexity index is 446. The number of anilines is 1. The van der Waals surface area contributed by atoms with E-state index in [-0.39, 0.29) is 0 Å². The largest absolute Gasteiger partial charge is 0.389 e. The summed E-state index contributed by atoms with van der Waals surface area (Å²) >= 11 is 0. The maximum absolute atomic E-state index is 9.33. The standard InChI is InChI=1S/C11H12N2O2/c1-7(14)8-2-4-9(5-3-8)10-6-11(12)13-15-10/h2-7,14H,1H3,(H2,12,13). The summed E-state index contributed by atoms with van der Waals surface area (Å²) in [5.41, 5.74) is 7.21. The molecule has 4 heteroatoms. The predicted octanol–water partition coefficient (Wildman–Crippen LogP) is 1.98. The number of nitrogens with two attached hydrogens (primary N) is 1. The monoisotopic (exact) mass is 204 g/mol. The minimum atomic E-state index is -0.459. The van der Waals surface area contributed by atoms with Gasteiger partial charge in [0.05, 0.1) is 6.10 Å². The zero-order valence-electron chi connectivity index (χ0n) is 8.34. The van der Waals surface area contributed by atoms with Gasteiger partial charge in [0.25, 0.3) is 0 Å². The smallest absolute Gasteiger partial charge is 0.169 e. The van der Waals surface area contributed by atoms with Gasteiger partial charge < -0.3 is 15.4 Å². The van der Waals surface area contributed by atoms with E-state index in [9.17, 15) is 5.11 Å². The number of aromatic nitrogens is 1. The highest BCUT2D eigenvalue weighted by atomic mass is 16.5. The second-order valence-corrected chi connectivity index (χ2v) is 3.41. The predicted molar refractivity (Wildman–Crippen MR) is 57.0 cm³/mol. The summed E-state index contributed by atoms with van der Waals surface area (Å²) in [6.07, 6.45) is -0.459. The third kappa shape index (κ3) is 1.99. The Morgan fingerprint density at radius 3 is 2.47 bits per heavy atom. The Morgan fingerprint density at radius 2 is 2.00 bits per heavy atom. The van der Waals surface area contributed by atoms with Gasteiger partial charge in [0.1, 0.15) is 0 Å². The fourth-order valence-corrected chi connectivity index (χ4v) is 1.35. The number of aliphatic hydroxyl groups is 1. The molecule has 2 rings (SSSR count). The Labute approximate surface area is 87.3 Å². The van der Waals surface area contributed by atoms with Crippen LogP contribution in [0, 0.1) is 0 Å². The first kappa shape index (κ1) is 9.73. The summed E-state index contributed by atoms with van der Waals surface area (Å²) in [4.78, 5) is 0. The minimum Gasteiger partial charge on any atom is -0.389 e. The van der Waals surface area contributed by atoms with Crippen LogP contribution in [0.3, 0.4) is 0 Å². The molecular formula is C11H12N2O2. The number of benzene rings is 1. The second-order valence-electron chi connectivity index (χ2n) is 3.41. The lowest BCUT2D eigenvalue weighted by molar-refractivity contribution is 0.199. The van der Waals surface area contributed by atoms with Crippen molar-refractivity contribution in [1.82, 2.24) is 5.16 Å².